The molecule has 0 saturated carbocycles. The lowest BCUT2D eigenvalue weighted by atomic mass is 10.2. The summed E-state index contributed by atoms with van der Waals surface area (Å²) >= 11 is 1.44. The van der Waals surface area contributed by atoms with Gasteiger partial charge in [0.2, 0.25) is 5.91 Å². The van der Waals surface area contributed by atoms with Gasteiger partial charge in [-0.05, 0) is 6.07 Å². The lowest BCUT2D eigenvalue weighted by Gasteiger charge is -2.18. The zero-order valence-electron chi connectivity index (χ0n) is 12.4. The van der Waals surface area contributed by atoms with E-state index in [1.54, 1.807) is 25.3 Å². The Bertz CT molecular complexity index is 612. The molecule has 1 heterocycles. The molecular formula is C15H19N3O2S. The summed E-state index contributed by atoms with van der Waals surface area (Å²) in [6.45, 7) is 0.532. The molecule has 112 valence electrons. The second-order valence-electron chi connectivity index (χ2n) is 4.67. The highest BCUT2D eigenvalue weighted by Crippen LogP contribution is 2.20. The predicted molar refractivity (Wildman–Crippen MR) is 83.4 cm³/mol. The van der Waals surface area contributed by atoms with Crippen LogP contribution in [0.4, 0.5) is 0 Å². The van der Waals surface area contributed by atoms with Crippen molar-refractivity contribution in [1.29, 1.82) is 0 Å². The molecule has 0 saturated heterocycles. The third-order valence-corrected chi connectivity index (χ3v) is 4.17. The number of hydrogen-bond acceptors (Lipinski definition) is 4. The summed E-state index contributed by atoms with van der Waals surface area (Å²) in [5.74, 6) is 1.24. The van der Waals surface area contributed by atoms with Crippen molar-refractivity contribution in [3.05, 3.63) is 42.2 Å². The number of nitrogens with zero attached hydrogens (tertiary/aromatic N) is 3. The van der Waals surface area contributed by atoms with Gasteiger partial charge in [0.15, 0.2) is 5.16 Å². The number of carbonyl (C=O) groups is 1. The van der Waals surface area contributed by atoms with Crippen molar-refractivity contribution < 1.29 is 9.53 Å². The smallest absolute Gasteiger partial charge is 0.233 e. The average Bonchev–Trinajstić information content (AvgIpc) is 2.90. The van der Waals surface area contributed by atoms with Crippen molar-refractivity contribution in [1.82, 2.24) is 14.5 Å². The van der Waals surface area contributed by atoms with E-state index >= 15 is 0 Å². The molecule has 0 radical (unpaired) electrons. The van der Waals surface area contributed by atoms with Gasteiger partial charge < -0.3 is 14.2 Å². The first-order valence-electron chi connectivity index (χ1n) is 6.57. The van der Waals surface area contributed by atoms with Crippen LogP contribution in [0.15, 0.2) is 41.8 Å². The van der Waals surface area contributed by atoms with E-state index in [-0.39, 0.29) is 5.91 Å². The van der Waals surface area contributed by atoms with E-state index in [2.05, 4.69) is 4.98 Å². The van der Waals surface area contributed by atoms with Crippen LogP contribution in [-0.4, -0.2) is 40.3 Å². The Kier molecular flexibility index (Phi) is 5.27. The Morgan fingerprint density at radius 1 is 1.43 bits per heavy atom. The molecule has 2 rings (SSSR count). The van der Waals surface area contributed by atoms with Gasteiger partial charge in [0.25, 0.3) is 0 Å². The molecule has 6 heteroatoms. The second-order valence-corrected chi connectivity index (χ2v) is 5.61. The summed E-state index contributed by atoms with van der Waals surface area (Å²) in [6, 6.07) is 7.73. The molecule has 0 N–H and O–H groups in total. The SMILES string of the molecule is COc1ccccc1CN(C)C(=O)CSc1nccn1C. The van der Waals surface area contributed by atoms with E-state index in [0.29, 0.717) is 12.3 Å². The number of aromatic nitrogens is 2. The van der Waals surface area contributed by atoms with Gasteiger partial charge in [0.05, 0.1) is 12.9 Å². The first kappa shape index (κ1) is 15.4. The van der Waals surface area contributed by atoms with Crippen LogP contribution in [0.25, 0.3) is 0 Å². The number of para-hydroxylation sites is 1. The summed E-state index contributed by atoms with van der Waals surface area (Å²) < 4.78 is 7.21. The van der Waals surface area contributed by atoms with Gasteiger partial charge in [-0.2, -0.15) is 0 Å². The van der Waals surface area contributed by atoms with Crippen molar-refractivity contribution in [3.63, 3.8) is 0 Å². The molecule has 0 aliphatic rings. The van der Waals surface area contributed by atoms with Gasteiger partial charge in [0.1, 0.15) is 5.75 Å². The Morgan fingerprint density at radius 2 is 2.19 bits per heavy atom. The van der Waals surface area contributed by atoms with E-state index in [0.717, 1.165) is 16.5 Å². The summed E-state index contributed by atoms with van der Waals surface area (Å²) in [5.41, 5.74) is 0.998. The van der Waals surface area contributed by atoms with Crippen LogP contribution in [0, 0.1) is 0 Å². The lowest BCUT2D eigenvalue weighted by molar-refractivity contribution is -0.127. The van der Waals surface area contributed by atoms with Crippen molar-refractivity contribution in [2.24, 2.45) is 7.05 Å². The number of carbonyl (C=O) groups excluding carboxylic acids is 1. The number of rotatable bonds is 6. The number of aryl methyl sites for hydroxylation is 1. The fourth-order valence-corrected chi connectivity index (χ4v) is 2.78. The van der Waals surface area contributed by atoms with Crippen LogP contribution in [0.1, 0.15) is 5.56 Å². The monoisotopic (exact) mass is 305 g/mol. The van der Waals surface area contributed by atoms with E-state index in [4.69, 9.17) is 4.74 Å². The third kappa shape index (κ3) is 4.01. The summed E-state index contributed by atoms with van der Waals surface area (Å²) in [7, 11) is 5.35. The molecule has 21 heavy (non-hydrogen) atoms. The van der Waals surface area contributed by atoms with Gasteiger partial charge in [0, 0.05) is 38.6 Å². The molecule has 1 amide bonds. The van der Waals surface area contributed by atoms with Gasteiger partial charge in [-0.1, -0.05) is 30.0 Å². The number of benzene rings is 1. The predicted octanol–water partition coefficient (Wildman–Crippen LogP) is 2.18. The topological polar surface area (TPSA) is 47.4 Å². The molecule has 0 unspecified atom stereocenters. The molecule has 1 aromatic heterocycles. The molecular weight excluding hydrogens is 286 g/mol. The zero-order chi connectivity index (χ0) is 15.2. The minimum Gasteiger partial charge on any atom is -0.496 e. The Hall–Kier alpha value is -1.95. The van der Waals surface area contributed by atoms with E-state index in [1.165, 1.54) is 11.8 Å². The minimum absolute atomic E-state index is 0.0638. The first-order valence-corrected chi connectivity index (χ1v) is 7.56. The highest BCUT2D eigenvalue weighted by atomic mass is 32.2. The quantitative estimate of drug-likeness (QED) is 0.768. The van der Waals surface area contributed by atoms with Crippen LogP contribution >= 0.6 is 11.8 Å². The minimum atomic E-state index is 0.0638. The van der Waals surface area contributed by atoms with Crippen LogP contribution < -0.4 is 4.74 Å². The number of amides is 1. The van der Waals surface area contributed by atoms with Crippen LogP contribution in [0.5, 0.6) is 5.75 Å². The van der Waals surface area contributed by atoms with E-state index in [9.17, 15) is 4.79 Å². The summed E-state index contributed by atoms with van der Waals surface area (Å²) in [6.07, 6.45) is 3.59. The highest BCUT2D eigenvalue weighted by Gasteiger charge is 2.13. The standard InChI is InChI=1S/C15H19N3O2S/c1-17-9-8-16-15(17)21-11-14(19)18(2)10-12-6-4-5-7-13(12)20-3/h4-9H,10-11H2,1-3H3. The molecule has 0 bridgehead atoms. The zero-order valence-corrected chi connectivity index (χ0v) is 13.3. The van der Waals surface area contributed by atoms with Gasteiger partial charge in [-0.3, -0.25) is 4.79 Å². The molecule has 0 atom stereocenters. The second kappa shape index (κ2) is 7.17. The van der Waals surface area contributed by atoms with Crippen molar-refractivity contribution in [2.75, 3.05) is 19.9 Å². The molecule has 0 fully saturated rings. The average molecular weight is 305 g/mol. The molecule has 1 aromatic carbocycles. The number of thioether (sulfide) groups is 1. The largest absolute Gasteiger partial charge is 0.496 e. The molecule has 2 aromatic rings. The summed E-state index contributed by atoms with van der Waals surface area (Å²) in [4.78, 5) is 18.1. The van der Waals surface area contributed by atoms with Crippen LogP contribution in [-0.2, 0) is 18.4 Å². The number of ether oxygens (including phenoxy) is 1. The molecule has 5 nitrogen and oxygen atoms in total. The maximum absolute atomic E-state index is 12.2. The highest BCUT2D eigenvalue weighted by molar-refractivity contribution is 7.99. The molecule has 0 aliphatic heterocycles. The number of hydrogen-bond donors (Lipinski definition) is 0. The summed E-state index contributed by atoms with van der Waals surface area (Å²) in [5, 5.41) is 0.842. The molecule has 0 spiro atoms. The van der Waals surface area contributed by atoms with Crippen LogP contribution in [0.2, 0.25) is 0 Å². The first-order chi connectivity index (χ1) is 10.1. The Labute approximate surface area is 128 Å². The maximum atomic E-state index is 12.2. The number of imidazole rings is 1. The van der Waals surface area contributed by atoms with Gasteiger partial charge >= 0.3 is 0 Å². The lowest BCUT2D eigenvalue weighted by Crippen LogP contribution is -2.28. The van der Waals surface area contributed by atoms with Crippen molar-refractivity contribution in [3.8, 4) is 5.75 Å². The van der Waals surface area contributed by atoms with Crippen LogP contribution in [0.3, 0.4) is 0 Å². The van der Waals surface area contributed by atoms with Crippen molar-refractivity contribution >= 4 is 17.7 Å². The molecule has 0 aliphatic carbocycles. The van der Waals surface area contributed by atoms with E-state index < -0.39 is 0 Å². The Morgan fingerprint density at radius 3 is 2.86 bits per heavy atom. The maximum Gasteiger partial charge on any atom is 0.233 e. The fraction of sp³-hybridized carbons (Fsp3) is 0.333. The fourth-order valence-electron chi connectivity index (χ4n) is 1.90. The van der Waals surface area contributed by atoms with Crippen molar-refractivity contribution in [2.45, 2.75) is 11.7 Å². The third-order valence-electron chi connectivity index (χ3n) is 3.13. The number of methoxy groups -OCH3 is 1. The van der Waals surface area contributed by atoms with Gasteiger partial charge in [-0.15, -0.1) is 0 Å². The Balaban J connectivity index is 1.92. The van der Waals surface area contributed by atoms with Gasteiger partial charge in [-0.25, -0.2) is 4.98 Å². The van der Waals surface area contributed by atoms with E-state index in [1.807, 2.05) is 42.1 Å². The normalized spacial score (nSPS) is 10.4.